The Balaban J connectivity index is 1.56. The van der Waals surface area contributed by atoms with Crippen molar-refractivity contribution in [3.05, 3.63) is 78.4 Å². The molecule has 0 aromatic heterocycles. The highest BCUT2D eigenvalue weighted by Crippen LogP contribution is 2.24. The number of phenols is 1. The van der Waals surface area contributed by atoms with Crippen LogP contribution in [0.4, 0.5) is 0 Å². The molecule has 1 unspecified atom stereocenters. The Bertz CT molecular complexity index is 910. The minimum absolute atomic E-state index is 0.179. The number of benzene rings is 3. The summed E-state index contributed by atoms with van der Waals surface area (Å²) in [6, 6.07) is 21.5. The average Bonchev–Trinajstić information content (AvgIpc) is 2.68. The first-order chi connectivity index (χ1) is 13.0. The van der Waals surface area contributed by atoms with Crippen LogP contribution in [0.1, 0.15) is 10.4 Å². The van der Waals surface area contributed by atoms with Crippen LogP contribution in [-0.2, 0) is 11.2 Å². The molecule has 5 nitrogen and oxygen atoms in total. The molecule has 0 aliphatic heterocycles. The van der Waals surface area contributed by atoms with Gasteiger partial charge in [0.1, 0.15) is 29.4 Å². The topological polar surface area (TPSA) is 89.8 Å². The number of aromatic carboxylic acids is 1. The lowest BCUT2D eigenvalue weighted by Crippen LogP contribution is -2.14. The van der Waals surface area contributed by atoms with E-state index in [1.807, 2.05) is 54.6 Å². The van der Waals surface area contributed by atoms with Crippen molar-refractivity contribution < 1.29 is 24.3 Å². The molecule has 0 saturated carbocycles. The van der Waals surface area contributed by atoms with Gasteiger partial charge in [-0.25, -0.2) is 4.79 Å². The summed E-state index contributed by atoms with van der Waals surface area (Å²) < 4.78 is 17.9. The number of carboxylic acid groups (broad SMARTS) is 1. The third-order valence-corrected chi connectivity index (χ3v) is 5.30. The van der Waals surface area contributed by atoms with Crippen molar-refractivity contribution >= 4 is 17.1 Å². The zero-order chi connectivity index (χ0) is 19.2. The Morgan fingerprint density at radius 2 is 1.63 bits per heavy atom. The first kappa shape index (κ1) is 18.8. The zero-order valence-corrected chi connectivity index (χ0v) is 15.2. The third-order valence-electron chi connectivity index (χ3n) is 3.96. The van der Waals surface area contributed by atoms with E-state index in [4.69, 9.17) is 9.84 Å². The molecule has 6 heteroatoms. The molecular weight excluding hydrogens is 364 g/mol. The second-order valence-corrected chi connectivity index (χ2v) is 7.34. The van der Waals surface area contributed by atoms with E-state index >= 15 is 0 Å². The van der Waals surface area contributed by atoms with E-state index in [1.54, 1.807) is 0 Å². The van der Waals surface area contributed by atoms with E-state index < -0.39 is 17.1 Å². The van der Waals surface area contributed by atoms with Crippen LogP contribution < -0.4 is 4.74 Å². The van der Waals surface area contributed by atoms with Crippen molar-refractivity contribution in [2.24, 2.45) is 0 Å². The number of carbonyl (C=O) groups is 1. The Hall–Kier alpha value is -2.96. The molecule has 1 atom stereocenters. The molecule has 0 fully saturated rings. The van der Waals surface area contributed by atoms with Gasteiger partial charge in [-0.3, -0.25) is 0 Å². The van der Waals surface area contributed by atoms with Gasteiger partial charge in [-0.05, 0) is 58.7 Å². The molecule has 3 rings (SSSR count). The van der Waals surface area contributed by atoms with Crippen LogP contribution in [0.25, 0.3) is 11.1 Å². The maximum Gasteiger partial charge on any atom is 0.339 e. The van der Waals surface area contributed by atoms with Gasteiger partial charge in [-0.2, -0.15) is 0 Å². The van der Waals surface area contributed by atoms with Gasteiger partial charge in [0.15, 0.2) is 4.90 Å². The number of hydrogen-bond acceptors (Lipinski definition) is 4. The number of hydrogen-bond donors (Lipinski definition) is 2. The van der Waals surface area contributed by atoms with Crippen LogP contribution in [0.2, 0.25) is 0 Å². The summed E-state index contributed by atoms with van der Waals surface area (Å²) in [7, 11) is 0. The maximum atomic E-state index is 12.4. The minimum Gasteiger partial charge on any atom is -0.611 e. The van der Waals surface area contributed by atoms with Crippen molar-refractivity contribution in [3.8, 4) is 22.6 Å². The van der Waals surface area contributed by atoms with Crippen LogP contribution in [0, 0.1) is 0 Å². The standard InChI is InChI=1S/C21H18O5S/c22-20-14-17(8-11-19(20)21(23)24)26-12-13-27(25)18-9-6-16(7-10-18)15-4-2-1-3-5-15/h1-11,14,22H,12-13H2,(H,23,24). The Kier molecular flexibility index (Phi) is 6.01. The highest BCUT2D eigenvalue weighted by molar-refractivity contribution is 7.91. The van der Waals surface area contributed by atoms with Crippen LogP contribution in [-0.4, -0.2) is 33.1 Å². The van der Waals surface area contributed by atoms with Crippen LogP contribution in [0.15, 0.2) is 77.7 Å². The minimum atomic E-state index is -1.22. The second kappa shape index (κ2) is 8.62. The largest absolute Gasteiger partial charge is 0.611 e. The highest BCUT2D eigenvalue weighted by Gasteiger charge is 2.13. The number of carboxylic acids is 1. The summed E-state index contributed by atoms with van der Waals surface area (Å²) in [5, 5.41) is 18.5. The van der Waals surface area contributed by atoms with E-state index in [-0.39, 0.29) is 23.7 Å². The fourth-order valence-electron chi connectivity index (χ4n) is 2.56. The second-order valence-electron chi connectivity index (χ2n) is 5.77. The van der Waals surface area contributed by atoms with Crippen LogP contribution in [0.5, 0.6) is 11.5 Å². The number of rotatable bonds is 7. The van der Waals surface area contributed by atoms with Gasteiger partial charge in [0, 0.05) is 6.07 Å². The zero-order valence-electron chi connectivity index (χ0n) is 14.4. The molecule has 3 aromatic rings. The average molecular weight is 382 g/mol. The molecule has 0 saturated heterocycles. The quantitative estimate of drug-likeness (QED) is 0.604. The van der Waals surface area contributed by atoms with Crippen molar-refractivity contribution in [3.63, 3.8) is 0 Å². The molecule has 0 amide bonds. The van der Waals surface area contributed by atoms with Gasteiger partial charge in [0.05, 0.1) is 0 Å². The number of ether oxygens (including phenoxy) is 1. The normalized spacial score (nSPS) is 11.7. The van der Waals surface area contributed by atoms with Crippen molar-refractivity contribution in [2.45, 2.75) is 4.90 Å². The van der Waals surface area contributed by atoms with Gasteiger partial charge >= 0.3 is 5.97 Å². The lowest BCUT2D eigenvalue weighted by atomic mass is 10.1. The fraction of sp³-hybridized carbons (Fsp3) is 0.0952. The Morgan fingerprint density at radius 3 is 2.26 bits per heavy atom. The fourth-order valence-corrected chi connectivity index (χ4v) is 3.47. The smallest absolute Gasteiger partial charge is 0.339 e. The summed E-state index contributed by atoms with van der Waals surface area (Å²) in [5.41, 5.74) is 1.97. The molecule has 0 radical (unpaired) electrons. The molecule has 0 spiro atoms. The first-order valence-electron chi connectivity index (χ1n) is 8.27. The lowest BCUT2D eigenvalue weighted by molar-refractivity contribution is 0.0693. The van der Waals surface area contributed by atoms with E-state index in [2.05, 4.69) is 0 Å². The summed E-state index contributed by atoms with van der Waals surface area (Å²) in [6.07, 6.45) is 0. The molecule has 3 aromatic carbocycles. The van der Waals surface area contributed by atoms with Gasteiger partial charge < -0.3 is 19.5 Å². The first-order valence-corrected chi connectivity index (χ1v) is 9.59. The third kappa shape index (κ3) is 4.81. The Labute approximate surface area is 160 Å². The van der Waals surface area contributed by atoms with Crippen molar-refractivity contribution in [1.82, 2.24) is 0 Å². The molecule has 0 bridgehead atoms. The van der Waals surface area contributed by atoms with Gasteiger partial charge in [-0.1, -0.05) is 30.3 Å². The maximum absolute atomic E-state index is 12.4. The summed E-state index contributed by atoms with van der Waals surface area (Å²) in [5.74, 6) is -0.961. The van der Waals surface area contributed by atoms with E-state index in [0.717, 1.165) is 11.1 Å². The summed E-state index contributed by atoms with van der Waals surface area (Å²) in [6.45, 7) is 0.179. The van der Waals surface area contributed by atoms with E-state index in [9.17, 15) is 14.5 Å². The van der Waals surface area contributed by atoms with E-state index in [1.165, 1.54) is 18.2 Å². The molecule has 0 aliphatic rings. The molecular formula is C21H18O5S. The predicted molar refractivity (Wildman–Crippen MR) is 104 cm³/mol. The Morgan fingerprint density at radius 1 is 0.963 bits per heavy atom. The highest BCUT2D eigenvalue weighted by atomic mass is 32.2. The van der Waals surface area contributed by atoms with Crippen molar-refractivity contribution in [1.29, 1.82) is 0 Å². The van der Waals surface area contributed by atoms with Crippen molar-refractivity contribution in [2.75, 3.05) is 12.4 Å². The van der Waals surface area contributed by atoms with Gasteiger partial charge in [0.2, 0.25) is 0 Å². The lowest BCUT2D eigenvalue weighted by Gasteiger charge is -2.12. The molecule has 0 aliphatic carbocycles. The van der Waals surface area contributed by atoms with Crippen LogP contribution in [0.3, 0.4) is 0 Å². The molecule has 0 heterocycles. The van der Waals surface area contributed by atoms with Crippen LogP contribution >= 0.6 is 0 Å². The van der Waals surface area contributed by atoms with Gasteiger partial charge in [-0.15, -0.1) is 0 Å². The number of aromatic hydroxyl groups is 1. The summed E-state index contributed by atoms with van der Waals surface area (Å²) >= 11 is -1.22. The summed E-state index contributed by atoms with van der Waals surface area (Å²) in [4.78, 5) is 11.6. The monoisotopic (exact) mass is 382 g/mol. The van der Waals surface area contributed by atoms with Gasteiger partial charge in [0.25, 0.3) is 0 Å². The SMILES string of the molecule is O=C(O)c1ccc(OCC[S+]([O-])c2ccc(-c3ccccc3)cc2)cc1O. The molecule has 138 valence electrons. The molecule has 2 N–H and O–H groups in total. The predicted octanol–water partition coefficient (Wildman–Crippen LogP) is 3.94. The van der Waals surface area contributed by atoms with E-state index in [0.29, 0.717) is 10.6 Å². The molecule has 27 heavy (non-hydrogen) atoms.